The van der Waals surface area contributed by atoms with Crippen molar-refractivity contribution < 1.29 is 14.4 Å². The molecule has 1 aromatic rings. The number of piperidine rings is 1. The fourth-order valence-corrected chi connectivity index (χ4v) is 6.13. The van der Waals surface area contributed by atoms with Crippen molar-refractivity contribution in [3.05, 3.63) is 29.8 Å². The third-order valence-corrected chi connectivity index (χ3v) is 8.14. The first-order valence-corrected chi connectivity index (χ1v) is 12.7. The molecule has 7 nitrogen and oxygen atoms in total. The Kier molecular flexibility index (Phi) is 5.93. The quantitative estimate of drug-likeness (QED) is 0.637. The zero-order chi connectivity index (χ0) is 23.2. The molecule has 1 atom stereocenters. The first kappa shape index (κ1) is 22.4. The number of para-hydroxylation sites is 1. The van der Waals surface area contributed by atoms with E-state index in [0.717, 1.165) is 51.0 Å². The van der Waals surface area contributed by atoms with Crippen LogP contribution < -0.4 is 4.90 Å². The number of carbonyl (C=O) groups excluding carboxylic acids is 3. The van der Waals surface area contributed by atoms with Gasteiger partial charge in [0.05, 0.1) is 11.3 Å². The van der Waals surface area contributed by atoms with Gasteiger partial charge in [0.1, 0.15) is 5.66 Å². The maximum atomic E-state index is 13.4. The SMILES string of the molecule is CCN1CCC(N(C(=O)CCCN2C(=O)c3ccccc3N3C(=O)CCC23C)C2CC2)CC1. The first-order valence-electron chi connectivity index (χ1n) is 12.7. The summed E-state index contributed by atoms with van der Waals surface area (Å²) >= 11 is 0. The summed E-state index contributed by atoms with van der Waals surface area (Å²) in [6, 6.07) is 8.17. The lowest BCUT2D eigenvalue weighted by Crippen LogP contribution is -2.62. The smallest absolute Gasteiger partial charge is 0.257 e. The molecule has 33 heavy (non-hydrogen) atoms. The second-order valence-corrected chi connectivity index (χ2v) is 10.2. The highest BCUT2D eigenvalue weighted by Gasteiger charge is 2.52. The predicted molar refractivity (Wildman–Crippen MR) is 127 cm³/mol. The highest BCUT2D eigenvalue weighted by molar-refractivity contribution is 6.10. The number of fused-ring (bicyclic) bond motifs is 3. The molecule has 1 saturated carbocycles. The van der Waals surface area contributed by atoms with Gasteiger partial charge in [-0.3, -0.25) is 19.3 Å². The molecule has 5 rings (SSSR count). The summed E-state index contributed by atoms with van der Waals surface area (Å²) in [5, 5.41) is 0. The van der Waals surface area contributed by atoms with Crippen molar-refractivity contribution >= 4 is 23.4 Å². The Morgan fingerprint density at radius 1 is 1.09 bits per heavy atom. The number of amides is 3. The van der Waals surface area contributed by atoms with Gasteiger partial charge in [-0.1, -0.05) is 19.1 Å². The van der Waals surface area contributed by atoms with Crippen LogP contribution in [0, 0.1) is 0 Å². The zero-order valence-corrected chi connectivity index (χ0v) is 20.0. The molecule has 3 heterocycles. The molecule has 1 unspecified atom stereocenters. The molecule has 0 N–H and O–H groups in total. The van der Waals surface area contributed by atoms with Crippen molar-refractivity contribution in [1.82, 2.24) is 14.7 Å². The molecule has 3 amide bonds. The minimum Gasteiger partial charge on any atom is -0.337 e. The number of nitrogens with zero attached hydrogens (tertiary/aromatic N) is 4. The van der Waals surface area contributed by atoms with Crippen LogP contribution in [0.4, 0.5) is 5.69 Å². The number of carbonyl (C=O) groups is 3. The van der Waals surface area contributed by atoms with E-state index in [1.807, 2.05) is 34.9 Å². The Hall–Kier alpha value is -2.41. The lowest BCUT2D eigenvalue weighted by molar-refractivity contribution is -0.135. The molecule has 1 aromatic carbocycles. The molecule has 3 aliphatic heterocycles. The van der Waals surface area contributed by atoms with Gasteiger partial charge in [0.2, 0.25) is 11.8 Å². The van der Waals surface area contributed by atoms with Gasteiger partial charge < -0.3 is 14.7 Å². The minimum absolute atomic E-state index is 0.0301. The standard InChI is InChI=1S/C26H36N4O3/c1-3-27-17-13-20(14-18-27)29(19-10-11-19)23(31)9-6-16-28-25(33)21-7-4-5-8-22(21)30-24(32)12-15-26(28,30)2/h4-5,7-8,19-20H,3,6,9-18H2,1-2H3. The first-order chi connectivity index (χ1) is 15.9. The molecule has 1 aliphatic carbocycles. The highest BCUT2D eigenvalue weighted by Crippen LogP contribution is 2.44. The summed E-state index contributed by atoms with van der Waals surface area (Å²) in [6.45, 7) is 7.90. The molecule has 2 saturated heterocycles. The Bertz CT molecular complexity index is 937. The van der Waals surface area contributed by atoms with Crippen LogP contribution in [0.15, 0.2) is 24.3 Å². The Morgan fingerprint density at radius 3 is 2.48 bits per heavy atom. The van der Waals surface area contributed by atoms with E-state index in [-0.39, 0.29) is 17.7 Å². The molecule has 0 aromatic heterocycles. The summed E-state index contributed by atoms with van der Waals surface area (Å²) in [4.78, 5) is 47.7. The van der Waals surface area contributed by atoms with Crippen LogP contribution in [-0.4, -0.2) is 76.3 Å². The molecular weight excluding hydrogens is 416 g/mol. The van der Waals surface area contributed by atoms with E-state index in [4.69, 9.17) is 0 Å². The fourth-order valence-electron chi connectivity index (χ4n) is 6.13. The topological polar surface area (TPSA) is 64.2 Å². The number of benzene rings is 1. The molecule has 3 fully saturated rings. The molecule has 178 valence electrons. The van der Waals surface area contributed by atoms with E-state index in [1.54, 1.807) is 6.07 Å². The van der Waals surface area contributed by atoms with Crippen molar-refractivity contribution in [1.29, 1.82) is 0 Å². The number of anilines is 1. The Balaban J connectivity index is 1.26. The van der Waals surface area contributed by atoms with Crippen LogP contribution in [0.25, 0.3) is 0 Å². The van der Waals surface area contributed by atoms with Crippen LogP contribution in [0.2, 0.25) is 0 Å². The Labute approximate surface area is 196 Å². The summed E-state index contributed by atoms with van der Waals surface area (Å²) in [5.41, 5.74) is 0.659. The molecular formula is C26H36N4O3. The van der Waals surface area contributed by atoms with Crippen molar-refractivity contribution in [2.75, 3.05) is 31.1 Å². The second-order valence-electron chi connectivity index (χ2n) is 10.2. The molecule has 0 bridgehead atoms. The van der Waals surface area contributed by atoms with Gasteiger partial charge in [-0.05, 0) is 64.1 Å². The van der Waals surface area contributed by atoms with Crippen molar-refractivity contribution in [2.24, 2.45) is 0 Å². The summed E-state index contributed by atoms with van der Waals surface area (Å²) < 4.78 is 0. The van der Waals surface area contributed by atoms with Gasteiger partial charge in [-0.2, -0.15) is 0 Å². The van der Waals surface area contributed by atoms with E-state index in [1.165, 1.54) is 0 Å². The van der Waals surface area contributed by atoms with E-state index < -0.39 is 5.66 Å². The van der Waals surface area contributed by atoms with Gasteiger partial charge in [-0.15, -0.1) is 0 Å². The van der Waals surface area contributed by atoms with Gasteiger partial charge in [0.15, 0.2) is 0 Å². The van der Waals surface area contributed by atoms with Gasteiger partial charge in [0, 0.05) is 44.6 Å². The van der Waals surface area contributed by atoms with Crippen LogP contribution in [0.3, 0.4) is 0 Å². The molecule has 7 heteroatoms. The van der Waals surface area contributed by atoms with E-state index in [9.17, 15) is 14.4 Å². The fraction of sp³-hybridized carbons (Fsp3) is 0.654. The minimum atomic E-state index is -0.644. The second kappa shape index (κ2) is 8.75. The third-order valence-electron chi connectivity index (χ3n) is 8.14. The number of likely N-dealkylation sites (tertiary alicyclic amines) is 1. The zero-order valence-electron chi connectivity index (χ0n) is 20.0. The predicted octanol–water partition coefficient (Wildman–Crippen LogP) is 3.24. The van der Waals surface area contributed by atoms with Crippen molar-refractivity contribution in [3.63, 3.8) is 0 Å². The largest absolute Gasteiger partial charge is 0.337 e. The van der Waals surface area contributed by atoms with Gasteiger partial charge in [0.25, 0.3) is 5.91 Å². The van der Waals surface area contributed by atoms with E-state index in [2.05, 4.69) is 16.7 Å². The maximum absolute atomic E-state index is 13.4. The lowest BCUT2D eigenvalue weighted by Gasteiger charge is -2.48. The number of hydrogen-bond acceptors (Lipinski definition) is 4. The summed E-state index contributed by atoms with van der Waals surface area (Å²) in [6.07, 6.45) is 6.52. The van der Waals surface area contributed by atoms with Crippen molar-refractivity contribution in [3.8, 4) is 0 Å². The number of hydrogen-bond donors (Lipinski definition) is 0. The van der Waals surface area contributed by atoms with E-state index in [0.29, 0.717) is 49.9 Å². The lowest BCUT2D eigenvalue weighted by atomic mass is 9.97. The molecule has 0 spiro atoms. The van der Waals surface area contributed by atoms with Crippen LogP contribution >= 0.6 is 0 Å². The monoisotopic (exact) mass is 452 g/mol. The molecule has 0 radical (unpaired) electrons. The van der Waals surface area contributed by atoms with Crippen LogP contribution in [0.1, 0.15) is 75.6 Å². The van der Waals surface area contributed by atoms with Crippen LogP contribution in [0.5, 0.6) is 0 Å². The average molecular weight is 453 g/mol. The maximum Gasteiger partial charge on any atom is 0.257 e. The molecule has 4 aliphatic rings. The normalized spacial score (nSPS) is 25.9. The van der Waals surface area contributed by atoms with Gasteiger partial charge in [-0.25, -0.2) is 0 Å². The van der Waals surface area contributed by atoms with Crippen LogP contribution in [-0.2, 0) is 9.59 Å². The van der Waals surface area contributed by atoms with Gasteiger partial charge >= 0.3 is 0 Å². The summed E-state index contributed by atoms with van der Waals surface area (Å²) in [5.74, 6) is 0.274. The Morgan fingerprint density at radius 2 is 1.79 bits per heavy atom. The number of rotatable bonds is 7. The summed E-state index contributed by atoms with van der Waals surface area (Å²) in [7, 11) is 0. The average Bonchev–Trinajstić information content (AvgIpc) is 3.60. The van der Waals surface area contributed by atoms with Crippen molar-refractivity contribution in [2.45, 2.75) is 83.0 Å². The van der Waals surface area contributed by atoms with E-state index >= 15 is 0 Å². The highest BCUT2D eigenvalue weighted by atomic mass is 16.2. The third kappa shape index (κ3) is 3.94.